The van der Waals surface area contributed by atoms with Crippen molar-refractivity contribution >= 4 is 11.7 Å². The molecule has 7 heteroatoms. The molecule has 2 aromatic heterocycles. The van der Waals surface area contributed by atoms with E-state index in [2.05, 4.69) is 27.3 Å². The summed E-state index contributed by atoms with van der Waals surface area (Å²) in [6, 6.07) is 5.56. The number of aromatic nitrogens is 2. The van der Waals surface area contributed by atoms with Gasteiger partial charge < -0.3 is 19.5 Å². The number of nitrogens with one attached hydrogen (secondary N) is 1. The molecule has 0 atom stereocenters. The van der Waals surface area contributed by atoms with Crippen LogP contribution in [0.2, 0.25) is 0 Å². The molecule has 2 aromatic rings. The molecule has 25 heavy (non-hydrogen) atoms. The normalized spacial score (nSPS) is 15.0. The van der Waals surface area contributed by atoms with Crippen molar-refractivity contribution in [1.82, 2.24) is 15.5 Å². The molecule has 0 unspecified atom stereocenters. The van der Waals surface area contributed by atoms with Crippen LogP contribution in [0.25, 0.3) is 0 Å². The highest BCUT2D eigenvalue weighted by Crippen LogP contribution is 2.14. The predicted molar refractivity (Wildman–Crippen MR) is 93.6 cm³/mol. The van der Waals surface area contributed by atoms with Crippen molar-refractivity contribution in [3.05, 3.63) is 41.4 Å². The van der Waals surface area contributed by atoms with Gasteiger partial charge in [-0.25, -0.2) is 4.98 Å². The standard InChI is InChI=1S/C18H24N4O3/c1-2-4-15-11-16(25-21-15)13-20-18(23)14-5-6-17(19-12-14)22-7-3-9-24-10-8-22/h5-6,11-12H,2-4,7-10,13H2,1H3,(H,20,23). The molecule has 7 nitrogen and oxygen atoms in total. The lowest BCUT2D eigenvalue weighted by Crippen LogP contribution is -2.27. The number of pyridine rings is 1. The van der Waals surface area contributed by atoms with Gasteiger partial charge in [0.15, 0.2) is 5.76 Å². The first kappa shape index (κ1) is 17.4. The van der Waals surface area contributed by atoms with Gasteiger partial charge in [-0.3, -0.25) is 4.79 Å². The Labute approximate surface area is 147 Å². The van der Waals surface area contributed by atoms with Crippen LogP contribution in [-0.2, 0) is 17.7 Å². The number of rotatable bonds is 6. The zero-order valence-electron chi connectivity index (χ0n) is 14.5. The number of nitrogens with zero attached hydrogens (tertiary/aromatic N) is 3. The topological polar surface area (TPSA) is 80.5 Å². The minimum atomic E-state index is -0.174. The van der Waals surface area contributed by atoms with E-state index < -0.39 is 0 Å². The van der Waals surface area contributed by atoms with Crippen LogP contribution in [0.15, 0.2) is 28.9 Å². The Hall–Kier alpha value is -2.41. The van der Waals surface area contributed by atoms with Gasteiger partial charge in [0.2, 0.25) is 0 Å². The Morgan fingerprint density at radius 2 is 2.24 bits per heavy atom. The largest absolute Gasteiger partial charge is 0.380 e. The van der Waals surface area contributed by atoms with E-state index in [1.165, 1.54) is 0 Å². The number of ether oxygens (including phenoxy) is 1. The molecule has 0 saturated carbocycles. The summed E-state index contributed by atoms with van der Waals surface area (Å²) in [6.07, 6.45) is 4.49. The first-order chi connectivity index (χ1) is 12.3. The molecule has 1 aliphatic heterocycles. The molecule has 0 radical (unpaired) electrons. The van der Waals surface area contributed by atoms with Gasteiger partial charge in [0.05, 0.1) is 24.4 Å². The zero-order chi connectivity index (χ0) is 17.5. The lowest BCUT2D eigenvalue weighted by Gasteiger charge is -2.20. The third-order valence-electron chi connectivity index (χ3n) is 4.09. The first-order valence-corrected chi connectivity index (χ1v) is 8.77. The maximum Gasteiger partial charge on any atom is 0.253 e. The van der Waals surface area contributed by atoms with E-state index >= 15 is 0 Å². The molecule has 134 valence electrons. The van der Waals surface area contributed by atoms with E-state index in [0.29, 0.717) is 24.5 Å². The highest BCUT2D eigenvalue weighted by molar-refractivity contribution is 5.93. The van der Waals surface area contributed by atoms with E-state index in [9.17, 15) is 4.79 Å². The zero-order valence-corrected chi connectivity index (χ0v) is 14.5. The molecule has 3 rings (SSSR count). The van der Waals surface area contributed by atoms with Crippen LogP contribution in [0.4, 0.5) is 5.82 Å². The molecule has 0 aromatic carbocycles. The number of hydrogen-bond acceptors (Lipinski definition) is 6. The SMILES string of the molecule is CCCc1cc(CNC(=O)c2ccc(N3CCCOCC3)nc2)on1. The maximum atomic E-state index is 12.2. The van der Waals surface area contributed by atoms with Crippen LogP contribution in [0, 0.1) is 0 Å². The molecule has 1 N–H and O–H groups in total. The van der Waals surface area contributed by atoms with Gasteiger partial charge in [-0.15, -0.1) is 0 Å². The summed E-state index contributed by atoms with van der Waals surface area (Å²) < 4.78 is 10.7. The average molecular weight is 344 g/mol. The quantitative estimate of drug-likeness (QED) is 0.865. The second-order valence-electron chi connectivity index (χ2n) is 6.08. The summed E-state index contributed by atoms with van der Waals surface area (Å²) in [4.78, 5) is 18.8. The molecule has 0 bridgehead atoms. The molecule has 0 spiro atoms. The van der Waals surface area contributed by atoms with Gasteiger partial charge in [0, 0.05) is 32.0 Å². The summed E-state index contributed by atoms with van der Waals surface area (Å²) in [5.41, 5.74) is 1.45. The van der Waals surface area contributed by atoms with Crippen LogP contribution in [0.1, 0.15) is 41.6 Å². The summed E-state index contributed by atoms with van der Waals surface area (Å²) in [7, 11) is 0. The minimum absolute atomic E-state index is 0.174. The minimum Gasteiger partial charge on any atom is -0.380 e. The van der Waals surface area contributed by atoms with Crippen molar-refractivity contribution in [3.63, 3.8) is 0 Å². The fraction of sp³-hybridized carbons (Fsp3) is 0.500. The third-order valence-corrected chi connectivity index (χ3v) is 4.09. The van der Waals surface area contributed by atoms with Crippen LogP contribution < -0.4 is 10.2 Å². The highest BCUT2D eigenvalue weighted by atomic mass is 16.5. The Balaban J connectivity index is 1.54. The number of aryl methyl sites for hydroxylation is 1. The number of anilines is 1. The van der Waals surface area contributed by atoms with Crippen molar-refractivity contribution in [1.29, 1.82) is 0 Å². The van der Waals surface area contributed by atoms with E-state index in [0.717, 1.165) is 50.5 Å². The van der Waals surface area contributed by atoms with Gasteiger partial charge in [0.1, 0.15) is 5.82 Å². The summed E-state index contributed by atoms with van der Waals surface area (Å²) >= 11 is 0. The second-order valence-corrected chi connectivity index (χ2v) is 6.08. The fourth-order valence-corrected chi connectivity index (χ4v) is 2.77. The van der Waals surface area contributed by atoms with Gasteiger partial charge >= 0.3 is 0 Å². The van der Waals surface area contributed by atoms with Gasteiger partial charge in [0.25, 0.3) is 5.91 Å². The van der Waals surface area contributed by atoms with Crippen LogP contribution in [0.5, 0.6) is 0 Å². The summed E-state index contributed by atoms with van der Waals surface area (Å²) in [5, 5.41) is 6.81. The fourth-order valence-electron chi connectivity index (χ4n) is 2.77. The summed E-state index contributed by atoms with van der Waals surface area (Å²) in [6.45, 7) is 5.65. The number of hydrogen-bond donors (Lipinski definition) is 1. The maximum absolute atomic E-state index is 12.2. The lowest BCUT2D eigenvalue weighted by molar-refractivity contribution is 0.0946. The van der Waals surface area contributed by atoms with E-state index in [1.807, 2.05) is 12.1 Å². The van der Waals surface area contributed by atoms with Crippen molar-refractivity contribution in [3.8, 4) is 0 Å². The van der Waals surface area contributed by atoms with Crippen LogP contribution in [0.3, 0.4) is 0 Å². The van der Waals surface area contributed by atoms with E-state index in [4.69, 9.17) is 9.26 Å². The average Bonchev–Trinajstić information content (AvgIpc) is 2.91. The molecule has 1 amide bonds. The molecular formula is C18H24N4O3. The van der Waals surface area contributed by atoms with Gasteiger partial charge in [-0.2, -0.15) is 0 Å². The number of carbonyl (C=O) groups is 1. The van der Waals surface area contributed by atoms with Gasteiger partial charge in [-0.05, 0) is 25.0 Å². The molecule has 1 aliphatic rings. The Morgan fingerprint density at radius 3 is 3.04 bits per heavy atom. The predicted octanol–water partition coefficient (Wildman–Crippen LogP) is 2.18. The second kappa shape index (κ2) is 8.62. The van der Waals surface area contributed by atoms with Crippen molar-refractivity contribution in [2.24, 2.45) is 0 Å². The van der Waals surface area contributed by atoms with Crippen molar-refractivity contribution < 1.29 is 14.1 Å². The van der Waals surface area contributed by atoms with Crippen LogP contribution in [-0.4, -0.2) is 42.4 Å². The molecule has 1 saturated heterocycles. The lowest BCUT2D eigenvalue weighted by atomic mass is 10.2. The van der Waals surface area contributed by atoms with E-state index in [-0.39, 0.29) is 5.91 Å². The van der Waals surface area contributed by atoms with Gasteiger partial charge in [-0.1, -0.05) is 18.5 Å². The Kier molecular flexibility index (Phi) is 6.00. The smallest absolute Gasteiger partial charge is 0.253 e. The van der Waals surface area contributed by atoms with Crippen molar-refractivity contribution in [2.75, 3.05) is 31.2 Å². The molecule has 3 heterocycles. The molecule has 0 aliphatic carbocycles. The monoisotopic (exact) mass is 344 g/mol. The molecule has 1 fully saturated rings. The molecular weight excluding hydrogens is 320 g/mol. The highest BCUT2D eigenvalue weighted by Gasteiger charge is 2.13. The van der Waals surface area contributed by atoms with Crippen molar-refractivity contribution in [2.45, 2.75) is 32.7 Å². The van der Waals surface area contributed by atoms with E-state index in [1.54, 1.807) is 12.3 Å². The first-order valence-electron chi connectivity index (χ1n) is 8.77. The van der Waals surface area contributed by atoms with Crippen LogP contribution >= 0.6 is 0 Å². The summed E-state index contributed by atoms with van der Waals surface area (Å²) in [5.74, 6) is 1.36. The third kappa shape index (κ3) is 4.79. The Morgan fingerprint density at radius 1 is 1.32 bits per heavy atom. The number of carbonyl (C=O) groups excluding carboxylic acids is 1. The Bertz CT molecular complexity index is 676. The number of amides is 1.